The van der Waals surface area contributed by atoms with Gasteiger partial charge in [-0.15, -0.1) is 0 Å². The van der Waals surface area contributed by atoms with Gasteiger partial charge in [-0.05, 0) is 12.1 Å². The topological polar surface area (TPSA) is 105 Å². The number of aromatic nitrogens is 2. The van der Waals surface area contributed by atoms with Crippen molar-refractivity contribution in [3.05, 3.63) is 83.2 Å². The molecular weight excluding hydrogens is 378 g/mol. The van der Waals surface area contributed by atoms with E-state index in [0.29, 0.717) is 5.75 Å². The maximum atomic E-state index is 14.7. The second-order valence-corrected chi connectivity index (χ2v) is 6.13. The van der Waals surface area contributed by atoms with Crippen molar-refractivity contribution in [2.45, 2.75) is 0 Å². The molecule has 0 aliphatic carbocycles. The van der Waals surface area contributed by atoms with Gasteiger partial charge in [-0.1, -0.05) is 18.2 Å². The summed E-state index contributed by atoms with van der Waals surface area (Å²) in [6, 6.07) is 12.2. The van der Waals surface area contributed by atoms with E-state index in [2.05, 4.69) is 9.97 Å². The second kappa shape index (κ2) is 7.05. The van der Waals surface area contributed by atoms with Crippen LogP contribution in [0, 0.1) is 23.0 Å². The number of nitrogens with two attached hydrogens (primary N) is 1. The first-order valence-corrected chi connectivity index (χ1v) is 8.42. The standard InChI is InChI=1S/C21H12F2N4O2/c22-15-6-13(29-12-4-2-1-3-5-12)7-16(23)18(15)20(28)14-10-27-21-17(14)19(25)11(8-24)9-26-21/h1-7,9-10H,(H3,25,26,27). The van der Waals surface area contributed by atoms with Gasteiger partial charge in [0.15, 0.2) is 0 Å². The maximum absolute atomic E-state index is 14.7. The van der Waals surface area contributed by atoms with E-state index in [9.17, 15) is 13.6 Å². The number of nitriles is 1. The highest BCUT2D eigenvalue weighted by Gasteiger charge is 2.25. The van der Waals surface area contributed by atoms with Gasteiger partial charge in [0.25, 0.3) is 0 Å². The number of halogens is 2. The molecule has 8 heteroatoms. The van der Waals surface area contributed by atoms with Crippen molar-refractivity contribution >= 4 is 22.5 Å². The van der Waals surface area contributed by atoms with Gasteiger partial charge in [0.2, 0.25) is 5.78 Å². The summed E-state index contributed by atoms with van der Waals surface area (Å²) in [6.45, 7) is 0. The number of carbonyl (C=O) groups is 1. The van der Waals surface area contributed by atoms with Crippen molar-refractivity contribution in [1.29, 1.82) is 5.26 Å². The molecule has 2 heterocycles. The predicted molar refractivity (Wildman–Crippen MR) is 102 cm³/mol. The van der Waals surface area contributed by atoms with E-state index in [0.717, 1.165) is 12.1 Å². The van der Waals surface area contributed by atoms with Gasteiger partial charge in [-0.2, -0.15) is 5.26 Å². The lowest BCUT2D eigenvalue weighted by Crippen LogP contribution is -2.08. The highest BCUT2D eigenvalue weighted by Crippen LogP contribution is 2.31. The number of rotatable bonds is 4. The summed E-state index contributed by atoms with van der Waals surface area (Å²) < 4.78 is 34.7. The molecule has 0 spiro atoms. The Morgan fingerprint density at radius 2 is 1.83 bits per heavy atom. The van der Waals surface area contributed by atoms with Crippen molar-refractivity contribution < 1.29 is 18.3 Å². The van der Waals surface area contributed by atoms with E-state index in [-0.39, 0.29) is 33.6 Å². The third-order valence-electron chi connectivity index (χ3n) is 4.33. The van der Waals surface area contributed by atoms with Crippen LogP contribution in [0.2, 0.25) is 0 Å². The van der Waals surface area contributed by atoms with E-state index in [4.69, 9.17) is 15.7 Å². The average Bonchev–Trinajstić information content (AvgIpc) is 3.13. The molecule has 0 aliphatic heterocycles. The highest BCUT2D eigenvalue weighted by molar-refractivity contribution is 6.18. The molecule has 2 aromatic heterocycles. The number of nitrogen functional groups attached to an aromatic ring is 1. The number of para-hydroxylation sites is 1. The van der Waals surface area contributed by atoms with Crippen molar-refractivity contribution in [2.24, 2.45) is 0 Å². The molecule has 0 radical (unpaired) electrons. The van der Waals surface area contributed by atoms with Crippen molar-refractivity contribution in [3.8, 4) is 17.6 Å². The predicted octanol–water partition coefficient (Wildman–Crippen LogP) is 4.32. The number of hydrogen-bond donors (Lipinski definition) is 2. The highest BCUT2D eigenvalue weighted by atomic mass is 19.1. The van der Waals surface area contributed by atoms with E-state index in [1.807, 2.05) is 6.07 Å². The van der Waals surface area contributed by atoms with E-state index in [1.165, 1.54) is 12.4 Å². The molecule has 3 N–H and O–H groups in total. The van der Waals surface area contributed by atoms with Crippen LogP contribution in [0.25, 0.3) is 11.0 Å². The minimum Gasteiger partial charge on any atom is -0.457 e. The van der Waals surface area contributed by atoms with Gasteiger partial charge >= 0.3 is 0 Å². The fraction of sp³-hybridized carbons (Fsp3) is 0. The number of nitrogens with one attached hydrogen (secondary N) is 1. The smallest absolute Gasteiger partial charge is 0.201 e. The summed E-state index contributed by atoms with van der Waals surface area (Å²) in [4.78, 5) is 19.6. The van der Waals surface area contributed by atoms with Crippen LogP contribution in [0.1, 0.15) is 21.5 Å². The molecule has 0 saturated heterocycles. The number of aromatic amines is 1. The number of carbonyl (C=O) groups excluding carboxylic acids is 1. The summed E-state index contributed by atoms with van der Waals surface area (Å²) in [6.07, 6.45) is 2.50. The number of ketones is 1. The molecule has 4 rings (SSSR count). The Morgan fingerprint density at radius 3 is 2.48 bits per heavy atom. The Balaban J connectivity index is 1.77. The molecule has 142 valence electrons. The van der Waals surface area contributed by atoms with Crippen LogP contribution < -0.4 is 10.5 Å². The largest absolute Gasteiger partial charge is 0.457 e. The van der Waals surface area contributed by atoms with Crippen LogP contribution in [0.4, 0.5) is 14.5 Å². The first-order chi connectivity index (χ1) is 14.0. The third-order valence-corrected chi connectivity index (χ3v) is 4.33. The van der Waals surface area contributed by atoms with Crippen LogP contribution in [0.5, 0.6) is 11.5 Å². The molecule has 0 atom stereocenters. The second-order valence-electron chi connectivity index (χ2n) is 6.13. The number of nitrogens with zero attached hydrogens (tertiary/aromatic N) is 2. The molecule has 0 saturated carbocycles. The summed E-state index contributed by atoms with van der Waals surface area (Å²) in [5, 5.41) is 9.24. The zero-order valence-electron chi connectivity index (χ0n) is 14.7. The zero-order chi connectivity index (χ0) is 20.5. The van der Waals surface area contributed by atoms with E-state index in [1.54, 1.807) is 30.3 Å². The third kappa shape index (κ3) is 3.15. The summed E-state index contributed by atoms with van der Waals surface area (Å²) in [7, 11) is 0. The Labute approximate surface area is 163 Å². The summed E-state index contributed by atoms with van der Waals surface area (Å²) in [5.41, 5.74) is 5.38. The van der Waals surface area contributed by atoms with Gasteiger partial charge in [-0.3, -0.25) is 4.79 Å². The number of ether oxygens (including phenoxy) is 1. The van der Waals surface area contributed by atoms with Gasteiger partial charge in [0.05, 0.1) is 27.8 Å². The van der Waals surface area contributed by atoms with Crippen LogP contribution in [-0.4, -0.2) is 15.8 Å². The van der Waals surface area contributed by atoms with Crippen LogP contribution in [0.15, 0.2) is 54.9 Å². The Hall–Kier alpha value is -4.25. The average molecular weight is 390 g/mol. The van der Waals surface area contributed by atoms with E-state index >= 15 is 0 Å². The fourth-order valence-electron chi connectivity index (χ4n) is 2.97. The van der Waals surface area contributed by atoms with Crippen LogP contribution in [-0.2, 0) is 0 Å². The molecule has 0 bridgehead atoms. The van der Waals surface area contributed by atoms with Crippen LogP contribution in [0.3, 0.4) is 0 Å². The summed E-state index contributed by atoms with van der Waals surface area (Å²) >= 11 is 0. The minimum absolute atomic E-state index is 0.00643. The Bertz CT molecular complexity index is 1270. The first kappa shape index (κ1) is 18.1. The molecule has 0 fully saturated rings. The molecule has 2 aromatic carbocycles. The molecule has 0 amide bonds. The number of H-pyrrole nitrogens is 1. The summed E-state index contributed by atoms with van der Waals surface area (Å²) in [5.74, 6) is -2.79. The van der Waals surface area contributed by atoms with Crippen molar-refractivity contribution in [3.63, 3.8) is 0 Å². The lowest BCUT2D eigenvalue weighted by Gasteiger charge is -2.09. The lowest BCUT2D eigenvalue weighted by atomic mass is 10.0. The van der Waals surface area contributed by atoms with Gasteiger partial charge < -0.3 is 15.5 Å². The molecule has 0 aliphatic rings. The molecule has 6 nitrogen and oxygen atoms in total. The Morgan fingerprint density at radius 1 is 1.14 bits per heavy atom. The normalized spacial score (nSPS) is 10.7. The number of pyridine rings is 1. The van der Waals surface area contributed by atoms with Crippen molar-refractivity contribution in [1.82, 2.24) is 9.97 Å². The first-order valence-electron chi connectivity index (χ1n) is 8.42. The maximum Gasteiger partial charge on any atom is 0.201 e. The fourth-order valence-corrected chi connectivity index (χ4v) is 2.97. The van der Waals surface area contributed by atoms with Gasteiger partial charge in [-0.25, -0.2) is 13.8 Å². The number of hydrogen-bond acceptors (Lipinski definition) is 5. The number of fused-ring (bicyclic) bond motifs is 1. The SMILES string of the molecule is N#Cc1cnc2[nH]cc(C(=O)c3c(F)cc(Oc4ccccc4)cc3F)c2c1N. The lowest BCUT2D eigenvalue weighted by molar-refractivity contribution is 0.103. The quantitative estimate of drug-likeness (QED) is 0.505. The van der Waals surface area contributed by atoms with Crippen LogP contribution >= 0.6 is 0 Å². The number of anilines is 1. The van der Waals surface area contributed by atoms with E-state index < -0.39 is 23.0 Å². The molecule has 29 heavy (non-hydrogen) atoms. The molecule has 0 unspecified atom stereocenters. The Kier molecular flexibility index (Phi) is 4.41. The monoisotopic (exact) mass is 390 g/mol. The molecular formula is C21H12F2N4O2. The number of benzene rings is 2. The molecule has 4 aromatic rings. The van der Waals surface area contributed by atoms with Crippen molar-refractivity contribution in [2.75, 3.05) is 5.73 Å². The van der Waals surface area contributed by atoms with Gasteiger partial charge in [0.1, 0.15) is 34.8 Å². The van der Waals surface area contributed by atoms with Gasteiger partial charge in [0, 0.05) is 24.5 Å². The zero-order valence-corrected chi connectivity index (χ0v) is 14.7. The minimum atomic E-state index is -1.08.